The second-order valence-electron chi connectivity index (χ2n) is 9.87. The summed E-state index contributed by atoms with van der Waals surface area (Å²) in [5, 5.41) is 1.91. The zero-order valence-electron chi connectivity index (χ0n) is 20.3. The number of nitrogens with one attached hydrogen (secondary N) is 1. The number of ether oxygens (including phenoxy) is 2. The van der Waals surface area contributed by atoms with Crippen LogP contribution in [0.1, 0.15) is 58.9 Å². The van der Waals surface area contributed by atoms with E-state index in [1.54, 1.807) is 4.90 Å². The molecule has 0 saturated carbocycles. The highest BCUT2D eigenvalue weighted by Gasteiger charge is 2.45. The summed E-state index contributed by atoms with van der Waals surface area (Å²) >= 11 is 0. The molecule has 2 aliphatic rings. The lowest BCUT2D eigenvalue weighted by Crippen LogP contribution is -2.57. The predicted octanol–water partition coefficient (Wildman–Crippen LogP) is 3.26. The zero-order valence-corrected chi connectivity index (χ0v) is 20.3. The van der Waals surface area contributed by atoms with Crippen LogP contribution in [0.2, 0.25) is 0 Å². The minimum atomic E-state index is -0.724. The Kier molecular flexibility index (Phi) is 8.00. The van der Waals surface area contributed by atoms with E-state index < -0.39 is 11.0 Å². The number of rotatable bonds is 5. The number of hydrogen-bond donors (Lipinski definition) is 1. The number of esters is 1. The molecule has 2 aliphatic heterocycles. The van der Waals surface area contributed by atoms with Crippen molar-refractivity contribution in [2.75, 3.05) is 32.8 Å². The minimum Gasteiger partial charge on any atom is -0.466 e. The summed E-state index contributed by atoms with van der Waals surface area (Å²) in [6, 6.07) is 9.78. The summed E-state index contributed by atoms with van der Waals surface area (Å²) in [4.78, 5) is 39.9. The molecule has 0 spiro atoms. The van der Waals surface area contributed by atoms with E-state index in [2.05, 4.69) is 5.43 Å². The largest absolute Gasteiger partial charge is 0.466 e. The fourth-order valence-electron chi connectivity index (χ4n) is 4.54. The molecule has 2 amide bonds. The Morgan fingerprint density at radius 3 is 2.18 bits per heavy atom. The molecule has 1 aromatic carbocycles. The van der Waals surface area contributed by atoms with Crippen LogP contribution in [0, 0.1) is 5.92 Å². The van der Waals surface area contributed by atoms with Crippen molar-refractivity contribution >= 4 is 18.0 Å². The van der Waals surface area contributed by atoms with Crippen LogP contribution in [0.5, 0.6) is 0 Å². The lowest BCUT2D eigenvalue weighted by molar-refractivity contribution is -0.150. The van der Waals surface area contributed by atoms with Crippen LogP contribution in [0.3, 0.4) is 0 Å². The molecule has 0 atom stereocenters. The minimum absolute atomic E-state index is 0.0628. The summed E-state index contributed by atoms with van der Waals surface area (Å²) in [6.45, 7) is 9.84. The van der Waals surface area contributed by atoms with Crippen LogP contribution in [0.25, 0.3) is 0 Å². The average molecular weight is 460 g/mol. The van der Waals surface area contributed by atoms with Gasteiger partial charge in [-0.3, -0.25) is 15.0 Å². The zero-order chi connectivity index (χ0) is 24.1. The van der Waals surface area contributed by atoms with Gasteiger partial charge in [0.2, 0.25) is 5.91 Å². The summed E-state index contributed by atoms with van der Waals surface area (Å²) in [5.74, 6) is -0.330. The van der Waals surface area contributed by atoms with Crippen molar-refractivity contribution < 1.29 is 23.9 Å². The van der Waals surface area contributed by atoms with E-state index in [0.29, 0.717) is 58.5 Å². The fourth-order valence-corrected chi connectivity index (χ4v) is 4.54. The molecule has 8 nitrogen and oxygen atoms in total. The van der Waals surface area contributed by atoms with Crippen molar-refractivity contribution in [2.45, 2.75) is 64.4 Å². The second kappa shape index (κ2) is 10.5. The second-order valence-corrected chi connectivity index (χ2v) is 9.87. The van der Waals surface area contributed by atoms with Gasteiger partial charge in [-0.15, -0.1) is 0 Å². The van der Waals surface area contributed by atoms with E-state index in [1.165, 1.54) is 0 Å². The first-order valence-electron chi connectivity index (χ1n) is 11.9. The summed E-state index contributed by atoms with van der Waals surface area (Å²) in [5.41, 5.74) is 2.78. The van der Waals surface area contributed by atoms with Crippen LogP contribution in [-0.4, -0.2) is 66.3 Å². The van der Waals surface area contributed by atoms with Crippen LogP contribution in [0.4, 0.5) is 4.79 Å². The van der Waals surface area contributed by atoms with E-state index in [-0.39, 0.29) is 23.9 Å². The third-order valence-electron chi connectivity index (χ3n) is 6.40. The van der Waals surface area contributed by atoms with Gasteiger partial charge in [-0.1, -0.05) is 30.3 Å². The van der Waals surface area contributed by atoms with Crippen LogP contribution in [-0.2, 0) is 24.5 Å². The number of carbonyl (C=O) groups is 3. The number of hydrogen-bond acceptors (Lipinski definition) is 6. The lowest BCUT2D eigenvalue weighted by Gasteiger charge is -2.42. The Balaban J connectivity index is 1.67. The number of likely N-dealkylation sites (tertiary alicyclic amines) is 1. The Labute approximate surface area is 196 Å². The van der Waals surface area contributed by atoms with Gasteiger partial charge >= 0.3 is 12.1 Å². The summed E-state index contributed by atoms with van der Waals surface area (Å²) in [7, 11) is 0. The van der Waals surface area contributed by atoms with Gasteiger partial charge in [-0.05, 0) is 58.9 Å². The van der Waals surface area contributed by atoms with Gasteiger partial charge in [0.25, 0.3) is 0 Å². The molecular formula is C25H37N3O5. The Bertz CT molecular complexity index is 820. The van der Waals surface area contributed by atoms with Crippen LogP contribution >= 0.6 is 0 Å². The highest BCUT2D eigenvalue weighted by atomic mass is 16.6. The van der Waals surface area contributed by atoms with Gasteiger partial charge in [0.05, 0.1) is 17.9 Å². The molecule has 33 heavy (non-hydrogen) atoms. The van der Waals surface area contributed by atoms with Gasteiger partial charge in [0.1, 0.15) is 5.60 Å². The number of piperidine rings is 2. The first kappa shape index (κ1) is 25.0. The molecule has 0 unspecified atom stereocenters. The number of hydrazine groups is 1. The fraction of sp³-hybridized carbons (Fsp3) is 0.640. The predicted molar refractivity (Wildman–Crippen MR) is 124 cm³/mol. The molecule has 0 aromatic heterocycles. The van der Waals surface area contributed by atoms with Crippen LogP contribution in [0.15, 0.2) is 30.3 Å². The van der Waals surface area contributed by atoms with Crippen molar-refractivity contribution in [3.05, 3.63) is 35.9 Å². The maximum Gasteiger partial charge on any atom is 0.410 e. The molecule has 3 rings (SSSR count). The van der Waals surface area contributed by atoms with Gasteiger partial charge in [0, 0.05) is 26.2 Å². The molecule has 2 fully saturated rings. The van der Waals surface area contributed by atoms with E-state index in [0.717, 1.165) is 5.56 Å². The van der Waals surface area contributed by atoms with Crippen molar-refractivity contribution in [3.8, 4) is 0 Å². The monoisotopic (exact) mass is 459 g/mol. The topological polar surface area (TPSA) is 88.2 Å². The van der Waals surface area contributed by atoms with Crippen molar-refractivity contribution in [3.63, 3.8) is 0 Å². The van der Waals surface area contributed by atoms with Gasteiger partial charge < -0.3 is 14.4 Å². The maximum absolute atomic E-state index is 13.6. The maximum atomic E-state index is 13.6. The molecular weight excluding hydrogens is 422 g/mol. The number of carbonyl (C=O) groups excluding carboxylic acids is 3. The molecule has 8 heteroatoms. The first-order valence-corrected chi connectivity index (χ1v) is 11.9. The van der Waals surface area contributed by atoms with Gasteiger partial charge in [0.15, 0.2) is 0 Å². The first-order chi connectivity index (χ1) is 15.6. The Morgan fingerprint density at radius 1 is 1.03 bits per heavy atom. The molecule has 1 aromatic rings. The van der Waals surface area contributed by atoms with E-state index in [4.69, 9.17) is 9.47 Å². The SMILES string of the molecule is CCOC(=O)C1CCN(NC(=O)C2(c3ccccc3)CCN(C(=O)OC(C)(C)C)CC2)CC1. The van der Waals surface area contributed by atoms with E-state index in [1.807, 2.05) is 63.0 Å². The van der Waals surface area contributed by atoms with E-state index in [9.17, 15) is 14.4 Å². The van der Waals surface area contributed by atoms with Gasteiger partial charge in [-0.25, -0.2) is 9.80 Å². The molecule has 2 heterocycles. The summed E-state index contributed by atoms with van der Waals surface area (Å²) < 4.78 is 10.7. The third kappa shape index (κ3) is 6.25. The number of benzene rings is 1. The molecule has 182 valence electrons. The number of nitrogens with zero attached hydrogens (tertiary/aromatic N) is 2. The van der Waals surface area contributed by atoms with E-state index >= 15 is 0 Å². The molecule has 0 bridgehead atoms. The van der Waals surface area contributed by atoms with Gasteiger partial charge in [-0.2, -0.15) is 0 Å². The Hall–Kier alpha value is -2.61. The van der Waals surface area contributed by atoms with Crippen molar-refractivity contribution in [1.29, 1.82) is 0 Å². The molecule has 0 radical (unpaired) electrons. The summed E-state index contributed by atoms with van der Waals surface area (Å²) in [6.07, 6.45) is 2.00. The Morgan fingerprint density at radius 2 is 1.64 bits per heavy atom. The smallest absolute Gasteiger partial charge is 0.410 e. The highest BCUT2D eigenvalue weighted by Crippen LogP contribution is 2.36. The standard InChI is InChI=1S/C25H37N3O5/c1-5-32-21(29)19-11-15-28(16-12-19)26-22(30)25(20-9-7-6-8-10-20)13-17-27(18-14-25)23(31)33-24(2,3)4/h6-10,19H,5,11-18H2,1-4H3,(H,26,30). The van der Waals surface area contributed by atoms with Crippen LogP contribution < -0.4 is 5.43 Å². The third-order valence-corrected chi connectivity index (χ3v) is 6.40. The molecule has 2 saturated heterocycles. The lowest BCUT2D eigenvalue weighted by atomic mass is 9.72. The average Bonchev–Trinajstić information content (AvgIpc) is 2.79. The van der Waals surface area contributed by atoms with Crippen molar-refractivity contribution in [1.82, 2.24) is 15.3 Å². The van der Waals surface area contributed by atoms with Crippen molar-refractivity contribution in [2.24, 2.45) is 5.92 Å². The molecule has 1 N–H and O–H groups in total. The number of amides is 2. The molecule has 0 aliphatic carbocycles. The highest BCUT2D eigenvalue weighted by molar-refractivity contribution is 5.88. The quantitative estimate of drug-likeness (QED) is 0.680. The normalized spacial score (nSPS) is 19.6.